The van der Waals surface area contributed by atoms with Gasteiger partial charge in [-0.2, -0.15) is 0 Å². The van der Waals surface area contributed by atoms with Crippen molar-refractivity contribution in [1.82, 2.24) is 5.32 Å². The molecule has 7 heteroatoms. The molecule has 7 nitrogen and oxygen atoms in total. The second-order valence-corrected chi connectivity index (χ2v) is 3.17. The molecule has 0 heterocycles. The van der Waals surface area contributed by atoms with Crippen LogP contribution in [-0.4, -0.2) is 29.8 Å². The van der Waals surface area contributed by atoms with Gasteiger partial charge in [-0.05, 0) is 6.92 Å². The van der Waals surface area contributed by atoms with Crippen LogP contribution in [0.2, 0.25) is 0 Å². The average molecular weight is 202 g/mol. The van der Waals surface area contributed by atoms with Crippen LogP contribution in [0.4, 0.5) is 0 Å². The summed E-state index contributed by atoms with van der Waals surface area (Å²) in [6.07, 6.45) is 0.111. The number of hydrogen-bond acceptors (Lipinski definition) is 5. The molecule has 2 amide bonds. The fraction of sp³-hybridized carbons (Fsp3) is 0.571. The number of amides is 2. The van der Waals surface area contributed by atoms with Gasteiger partial charge in [-0.25, -0.2) is 0 Å². The van der Waals surface area contributed by atoms with E-state index in [2.05, 4.69) is 5.32 Å². The van der Waals surface area contributed by atoms with Crippen LogP contribution in [0.3, 0.4) is 0 Å². The standard InChI is InChI=1S/C7H14N4O3/c1-7(10,3-12)11-4(6(9)14)2-5(8)13/h3-4,11H,2,10H2,1H3,(H2,8,13)(H2,9,14). The number of aldehydes is 1. The average Bonchev–Trinajstić information content (AvgIpc) is 2.02. The Labute approximate surface area is 81.0 Å². The molecule has 0 fully saturated rings. The summed E-state index contributed by atoms with van der Waals surface area (Å²) in [6, 6.07) is -1.03. The first-order valence-corrected chi connectivity index (χ1v) is 3.89. The van der Waals surface area contributed by atoms with Crippen molar-refractivity contribution in [3.8, 4) is 0 Å². The van der Waals surface area contributed by atoms with Crippen LogP contribution in [0, 0.1) is 0 Å². The van der Waals surface area contributed by atoms with Crippen molar-refractivity contribution in [2.45, 2.75) is 25.0 Å². The van der Waals surface area contributed by atoms with Crippen molar-refractivity contribution in [3.05, 3.63) is 0 Å². The molecule has 0 bridgehead atoms. The predicted octanol–water partition coefficient (Wildman–Crippen LogP) is -2.82. The lowest BCUT2D eigenvalue weighted by molar-refractivity contribution is -0.126. The van der Waals surface area contributed by atoms with Crippen molar-refractivity contribution >= 4 is 18.1 Å². The first-order valence-electron chi connectivity index (χ1n) is 3.89. The minimum atomic E-state index is -1.41. The smallest absolute Gasteiger partial charge is 0.235 e. The molecule has 0 saturated carbocycles. The van der Waals surface area contributed by atoms with Gasteiger partial charge in [0.1, 0.15) is 5.66 Å². The Kier molecular flexibility index (Phi) is 4.19. The molecule has 80 valence electrons. The van der Waals surface area contributed by atoms with E-state index in [0.717, 1.165) is 0 Å². The maximum atomic E-state index is 10.8. The lowest BCUT2D eigenvalue weighted by Gasteiger charge is -2.24. The number of carbonyl (C=O) groups excluding carboxylic acids is 3. The Balaban J connectivity index is 4.45. The van der Waals surface area contributed by atoms with Crippen LogP contribution in [-0.2, 0) is 14.4 Å². The summed E-state index contributed by atoms with van der Waals surface area (Å²) in [5, 5.41) is 2.41. The fourth-order valence-electron chi connectivity index (χ4n) is 0.833. The van der Waals surface area contributed by atoms with E-state index in [9.17, 15) is 14.4 Å². The van der Waals surface area contributed by atoms with Gasteiger partial charge in [-0.3, -0.25) is 19.7 Å². The number of hydrogen-bond donors (Lipinski definition) is 4. The molecule has 0 radical (unpaired) electrons. The van der Waals surface area contributed by atoms with E-state index in [1.165, 1.54) is 6.92 Å². The van der Waals surface area contributed by atoms with Gasteiger partial charge in [0.15, 0.2) is 6.29 Å². The highest BCUT2D eigenvalue weighted by Crippen LogP contribution is 1.96. The van der Waals surface area contributed by atoms with E-state index in [0.29, 0.717) is 6.29 Å². The second kappa shape index (κ2) is 4.68. The van der Waals surface area contributed by atoms with Crippen molar-refractivity contribution in [1.29, 1.82) is 0 Å². The van der Waals surface area contributed by atoms with Crippen LogP contribution in [0.15, 0.2) is 0 Å². The van der Waals surface area contributed by atoms with E-state index >= 15 is 0 Å². The Bertz CT molecular complexity index is 251. The van der Waals surface area contributed by atoms with Gasteiger partial charge in [0.05, 0.1) is 12.5 Å². The Hall–Kier alpha value is -1.47. The fourth-order valence-corrected chi connectivity index (χ4v) is 0.833. The van der Waals surface area contributed by atoms with Crippen molar-refractivity contribution in [2.75, 3.05) is 0 Å². The molecule has 2 unspecified atom stereocenters. The highest BCUT2D eigenvalue weighted by atomic mass is 16.2. The highest BCUT2D eigenvalue weighted by molar-refractivity contribution is 5.87. The monoisotopic (exact) mass is 202 g/mol. The third kappa shape index (κ3) is 4.53. The molecule has 2 atom stereocenters. The molecule has 0 aliphatic rings. The molecule has 0 aromatic heterocycles. The number of carbonyl (C=O) groups is 3. The molecular formula is C7H14N4O3. The van der Waals surface area contributed by atoms with Gasteiger partial charge in [-0.1, -0.05) is 0 Å². The van der Waals surface area contributed by atoms with Crippen LogP contribution >= 0.6 is 0 Å². The maximum absolute atomic E-state index is 10.8. The topological polar surface area (TPSA) is 141 Å². The molecule has 0 aliphatic carbocycles. The van der Waals surface area contributed by atoms with Crippen molar-refractivity contribution < 1.29 is 14.4 Å². The number of nitrogens with one attached hydrogen (secondary N) is 1. The minimum absolute atomic E-state index is 0.296. The van der Waals surface area contributed by atoms with Gasteiger partial charge < -0.3 is 17.2 Å². The molecule has 0 aliphatic heterocycles. The Morgan fingerprint density at radius 2 is 2.00 bits per heavy atom. The Morgan fingerprint density at radius 1 is 1.50 bits per heavy atom. The van der Waals surface area contributed by atoms with E-state index in [1.54, 1.807) is 0 Å². The van der Waals surface area contributed by atoms with E-state index in [4.69, 9.17) is 17.2 Å². The molecule has 0 spiro atoms. The normalized spacial score (nSPS) is 16.7. The zero-order valence-electron chi connectivity index (χ0n) is 7.82. The predicted molar refractivity (Wildman–Crippen MR) is 48.6 cm³/mol. The second-order valence-electron chi connectivity index (χ2n) is 3.17. The number of primary amides is 2. The third-order valence-electron chi connectivity index (χ3n) is 1.48. The summed E-state index contributed by atoms with van der Waals surface area (Å²) in [5.74, 6) is -1.50. The van der Waals surface area contributed by atoms with Gasteiger partial charge in [0.25, 0.3) is 0 Å². The van der Waals surface area contributed by atoms with E-state index < -0.39 is 23.5 Å². The van der Waals surface area contributed by atoms with Crippen molar-refractivity contribution in [3.63, 3.8) is 0 Å². The molecular weight excluding hydrogens is 188 g/mol. The van der Waals surface area contributed by atoms with Gasteiger partial charge in [0, 0.05) is 0 Å². The molecule has 0 saturated heterocycles. The zero-order chi connectivity index (χ0) is 11.4. The van der Waals surface area contributed by atoms with E-state index in [-0.39, 0.29) is 6.42 Å². The molecule has 0 aromatic carbocycles. The quantitative estimate of drug-likeness (QED) is 0.271. The van der Waals surface area contributed by atoms with Crippen LogP contribution in [0.1, 0.15) is 13.3 Å². The largest absolute Gasteiger partial charge is 0.370 e. The van der Waals surface area contributed by atoms with Crippen molar-refractivity contribution in [2.24, 2.45) is 17.2 Å². The summed E-state index contributed by atoms with van der Waals surface area (Å²) >= 11 is 0. The van der Waals surface area contributed by atoms with Crippen LogP contribution in [0.5, 0.6) is 0 Å². The lowest BCUT2D eigenvalue weighted by atomic mass is 10.1. The maximum Gasteiger partial charge on any atom is 0.235 e. The summed E-state index contributed by atoms with van der Waals surface area (Å²) in [7, 11) is 0. The van der Waals surface area contributed by atoms with Gasteiger partial charge >= 0.3 is 0 Å². The summed E-state index contributed by atoms with van der Waals surface area (Å²) in [6.45, 7) is 1.34. The van der Waals surface area contributed by atoms with Crippen LogP contribution < -0.4 is 22.5 Å². The lowest BCUT2D eigenvalue weighted by Crippen LogP contribution is -2.60. The minimum Gasteiger partial charge on any atom is -0.370 e. The number of rotatable bonds is 6. The summed E-state index contributed by atoms with van der Waals surface area (Å²) in [4.78, 5) is 31.8. The Morgan fingerprint density at radius 3 is 2.29 bits per heavy atom. The zero-order valence-corrected chi connectivity index (χ0v) is 7.82. The SMILES string of the molecule is CC(N)(C=O)NC(CC(N)=O)C(N)=O. The number of nitrogens with two attached hydrogens (primary N) is 3. The first kappa shape index (κ1) is 12.5. The molecule has 0 aromatic rings. The van der Waals surface area contributed by atoms with Gasteiger partial charge in [-0.15, -0.1) is 0 Å². The molecule has 7 N–H and O–H groups in total. The molecule has 14 heavy (non-hydrogen) atoms. The molecule has 0 rings (SSSR count). The van der Waals surface area contributed by atoms with Crippen LogP contribution in [0.25, 0.3) is 0 Å². The summed E-state index contributed by atoms with van der Waals surface area (Å²) in [5.41, 5.74) is 13.8. The van der Waals surface area contributed by atoms with Gasteiger partial charge in [0.2, 0.25) is 11.8 Å². The van der Waals surface area contributed by atoms with E-state index in [1.807, 2.05) is 0 Å². The summed E-state index contributed by atoms with van der Waals surface area (Å²) < 4.78 is 0. The highest BCUT2D eigenvalue weighted by Gasteiger charge is 2.26. The first-order chi connectivity index (χ1) is 6.28. The third-order valence-corrected chi connectivity index (χ3v) is 1.48.